The molecule has 0 spiro atoms. The summed E-state index contributed by atoms with van der Waals surface area (Å²) in [6.45, 7) is -0.949. The topological polar surface area (TPSA) is 38.3 Å². The van der Waals surface area contributed by atoms with Crippen LogP contribution in [0.25, 0.3) is 0 Å². The van der Waals surface area contributed by atoms with Gasteiger partial charge in [-0.25, -0.2) is 0 Å². The minimum atomic E-state index is -4.31. The van der Waals surface area contributed by atoms with Crippen LogP contribution in [-0.4, -0.2) is 18.7 Å². The number of carbonyl (C=O) groups excluding carboxylic acids is 1. The van der Waals surface area contributed by atoms with Gasteiger partial charge in [-0.3, -0.25) is 4.79 Å². The number of ether oxygens (including phenoxy) is 1. The maximum Gasteiger partial charge on any atom is 0.411 e. The minimum absolute atomic E-state index is 0.0269. The van der Waals surface area contributed by atoms with Gasteiger partial charge in [0.1, 0.15) is 6.61 Å². The van der Waals surface area contributed by atoms with Gasteiger partial charge in [-0.1, -0.05) is 30.3 Å². The lowest BCUT2D eigenvalue weighted by molar-refractivity contribution is -0.176. The third-order valence-corrected chi connectivity index (χ3v) is 4.16. The fourth-order valence-electron chi connectivity index (χ4n) is 2.02. The number of thiophene rings is 1. The van der Waals surface area contributed by atoms with E-state index in [0.717, 1.165) is 12.0 Å². The van der Waals surface area contributed by atoms with Crippen molar-refractivity contribution in [2.45, 2.75) is 32.2 Å². The van der Waals surface area contributed by atoms with Crippen LogP contribution in [0.2, 0.25) is 0 Å². The Morgan fingerprint density at radius 2 is 1.83 bits per heavy atom. The molecule has 3 nitrogen and oxygen atoms in total. The summed E-state index contributed by atoms with van der Waals surface area (Å²) in [7, 11) is 0. The minimum Gasteiger partial charge on any atom is -0.367 e. The number of amides is 1. The Kier molecular flexibility index (Phi) is 6.81. The number of nitrogens with one attached hydrogen (secondary N) is 1. The average molecular weight is 357 g/mol. The zero-order valence-corrected chi connectivity index (χ0v) is 13.8. The summed E-state index contributed by atoms with van der Waals surface area (Å²) in [5, 5.41) is 4.81. The number of benzene rings is 1. The second-order valence-corrected chi connectivity index (χ2v) is 6.31. The van der Waals surface area contributed by atoms with E-state index in [4.69, 9.17) is 0 Å². The highest BCUT2D eigenvalue weighted by Gasteiger charge is 2.27. The van der Waals surface area contributed by atoms with Gasteiger partial charge in [-0.05, 0) is 29.0 Å². The van der Waals surface area contributed by atoms with Crippen LogP contribution >= 0.6 is 11.3 Å². The van der Waals surface area contributed by atoms with Gasteiger partial charge in [-0.15, -0.1) is 11.3 Å². The van der Waals surface area contributed by atoms with Gasteiger partial charge < -0.3 is 10.1 Å². The second-order valence-electron chi connectivity index (χ2n) is 5.28. The van der Waals surface area contributed by atoms with Crippen molar-refractivity contribution in [1.29, 1.82) is 0 Å². The Bertz CT molecular complexity index is 624. The van der Waals surface area contributed by atoms with E-state index in [2.05, 4.69) is 10.1 Å². The van der Waals surface area contributed by atoms with Crippen molar-refractivity contribution in [1.82, 2.24) is 5.32 Å². The SMILES string of the molecule is O=C(CCc1cccs1)NCc1ccc(COCC(F)(F)F)cc1. The van der Waals surface area contributed by atoms with Crippen molar-refractivity contribution in [3.05, 3.63) is 57.8 Å². The van der Waals surface area contributed by atoms with Crippen LogP contribution in [0, 0.1) is 0 Å². The summed E-state index contributed by atoms with van der Waals surface area (Å²) >= 11 is 1.63. The molecule has 0 radical (unpaired) electrons. The number of aryl methyl sites for hydroxylation is 1. The van der Waals surface area contributed by atoms with Gasteiger partial charge in [0.05, 0.1) is 6.61 Å². The number of hydrogen-bond acceptors (Lipinski definition) is 3. The molecule has 0 bridgehead atoms. The molecule has 0 aliphatic rings. The normalized spacial score (nSPS) is 11.5. The summed E-state index contributed by atoms with van der Waals surface area (Å²) in [5.41, 5.74) is 1.55. The largest absolute Gasteiger partial charge is 0.411 e. The van der Waals surface area contributed by atoms with E-state index in [0.29, 0.717) is 18.5 Å². The lowest BCUT2D eigenvalue weighted by atomic mass is 10.1. The molecule has 2 rings (SSSR count). The van der Waals surface area contributed by atoms with E-state index < -0.39 is 12.8 Å². The highest BCUT2D eigenvalue weighted by Crippen LogP contribution is 2.16. The van der Waals surface area contributed by atoms with Crippen molar-refractivity contribution >= 4 is 17.2 Å². The Hall–Kier alpha value is -1.86. The molecule has 7 heteroatoms. The molecule has 2 aromatic rings. The van der Waals surface area contributed by atoms with Crippen LogP contribution in [-0.2, 0) is 29.1 Å². The van der Waals surface area contributed by atoms with Crippen molar-refractivity contribution in [3.63, 3.8) is 0 Å². The molecule has 0 aliphatic heterocycles. The Balaban J connectivity index is 1.68. The summed E-state index contributed by atoms with van der Waals surface area (Å²) in [5.74, 6) is -0.0269. The predicted molar refractivity (Wildman–Crippen MR) is 86.6 cm³/mol. The smallest absolute Gasteiger partial charge is 0.367 e. The van der Waals surface area contributed by atoms with E-state index in [9.17, 15) is 18.0 Å². The number of alkyl halides is 3. The maximum absolute atomic E-state index is 12.0. The van der Waals surface area contributed by atoms with E-state index in [1.54, 1.807) is 35.6 Å². The summed E-state index contributed by atoms with van der Waals surface area (Å²) in [6.07, 6.45) is -3.16. The summed E-state index contributed by atoms with van der Waals surface area (Å²) in [4.78, 5) is 13.0. The van der Waals surface area contributed by atoms with Crippen LogP contribution < -0.4 is 5.32 Å². The fraction of sp³-hybridized carbons (Fsp3) is 0.353. The van der Waals surface area contributed by atoms with Gasteiger partial charge in [-0.2, -0.15) is 13.2 Å². The number of carbonyl (C=O) groups is 1. The van der Waals surface area contributed by atoms with Gasteiger partial charge in [0.25, 0.3) is 0 Å². The number of halogens is 3. The van der Waals surface area contributed by atoms with Gasteiger partial charge in [0, 0.05) is 17.8 Å². The molecule has 1 amide bonds. The Morgan fingerprint density at radius 1 is 1.12 bits per heavy atom. The zero-order chi connectivity index (χ0) is 17.4. The molecule has 1 aromatic carbocycles. The lowest BCUT2D eigenvalue weighted by Crippen LogP contribution is -2.22. The molecule has 0 unspecified atom stereocenters. The van der Waals surface area contributed by atoms with Crippen LogP contribution in [0.4, 0.5) is 13.2 Å². The molecule has 0 saturated carbocycles. The van der Waals surface area contributed by atoms with Gasteiger partial charge >= 0.3 is 6.18 Å². The highest BCUT2D eigenvalue weighted by atomic mass is 32.1. The zero-order valence-electron chi connectivity index (χ0n) is 12.9. The highest BCUT2D eigenvalue weighted by molar-refractivity contribution is 7.09. The van der Waals surface area contributed by atoms with Crippen molar-refractivity contribution < 1.29 is 22.7 Å². The first-order chi connectivity index (χ1) is 11.4. The Labute approximate surface area is 142 Å². The molecule has 24 heavy (non-hydrogen) atoms. The number of hydrogen-bond donors (Lipinski definition) is 1. The van der Waals surface area contributed by atoms with Crippen LogP contribution in [0.5, 0.6) is 0 Å². The molecular formula is C17H18F3NO2S. The third kappa shape index (κ3) is 7.14. The van der Waals surface area contributed by atoms with E-state index >= 15 is 0 Å². The molecular weight excluding hydrogens is 339 g/mol. The van der Waals surface area contributed by atoms with Crippen LogP contribution in [0.15, 0.2) is 41.8 Å². The summed E-state index contributed by atoms with van der Waals surface area (Å²) in [6, 6.07) is 10.9. The van der Waals surface area contributed by atoms with Crippen molar-refractivity contribution in [2.75, 3.05) is 6.61 Å². The second kappa shape index (κ2) is 8.84. The first kappa shape index (κ1) is 18.5. The first-order valence-electron chi connectivity index (χ1n) is 7.44. The standard InChI is InChI=1S/C17H18F3NO2S/c18-17(19,20)12-23-11-14-5-3-13(4-6-14)10-21-16(22)8-7-15-2-1-9-24-15/h1-6,9H,7-8,10-12H2,(H,21,22). The lowest BCUT2D eigenvalue weighted by Gasteiger charge is -2.09. The average Bonchev–Trinajstić information content (AvgIpc) is 3.04. The van der Waals surface area contributed by atoms with Crippen molar-refractivity contribution in [2.24, 2.45) is 0 Å². The third-order valence-electron chi connectivity index (χ3n) is 3.23. The maximum atomic E-state index is 12.0. The van der Waals surface area contributed by atoms with Crippen molar-refractivity contribution in [3.8, 4) is 0 Å². The molecule has 1 heterocycles. The van der Waals surface area contributed by atoms with E-state index in [-0.39, 0.29) is 12.5 Å². The molecule has 0 atom stereocenters. The molecule has 1 aromatic heterocycles. The summed E-state index contributed by atoms with van der Waals surface area (Å²) < 4.78 is 40.6. The Morgan fingerprint density at radius 3 is 2.46 bits per heavy atom. The van der Waals surface area contributed by atoms with Crippen LogP contribution in [0.3, 0.4) is 0 Å². The predicted octanol–water partition coefficient (Wildman–Crippen LogP) is 4.08. The van der Waals surface area contributed by atoms with Crippen LogP contribution in [0.1, 0.15) is 22.4 Å². The molecule has 0 aliphatic carbocycles. The fourth-order valence-corrected chi connectivity index (χ4v) is 2.73. The quantitative estimate of drug-likeness (QED) is 0.773. The van der Waals surface area contributed by atoms with E-state index in [1.165, 1.54) is 4.88 Å². The van der Waals surface area contributed by atoms with Gasteiger partial charge in [0.15, 0.2) is 0 Å². The van der Waals surface area contributed by atoms with Gasteiger partial charge in [0.2, 0.25) is 5.91 Å². The molecule has 0 fully saturated rings. The first-order valence-corrected chi connectivity index (χ1v) is 8.32. The molecule has 130 valence electrons. The monoisotopic (exact) mass is 357 g/mol. The molecule has 1 N–H and O–H groups in total. The van der Waals surface area contributed by atoms with E-state index in [1.807, 2.05) is 17.5 Å². The number of rotatable bonds is 8. The molecule has 0 saturated heterocycles.